The second-order valence-electron chi connectivity index (χ2n) is 5.98. The molecule has 2 aromatic heterocycles. The van der Waals surface area contributed by atoms with Crippen LogP contribution in [0.1, 0.15) is 43.4 Å². The number of hydrogen-bond acceptors (Lipinski definition) is 3. The van der Waals surface area contributed by atoms with Crippen LogP contribution in [0.15, 0.2) is 48.7 Å². The number of hydrogen-bond donors (Lipinski definition) is 1. The van der Waals surface area contributed by atoms with E-state index >= 15 is 0 Å². The molecule has 2 heterocycles. The fraction of sp³-hybridized carbons (Fsp3) is 0.333. The molecule has 1 unspecified atom stereocenters. The number of aromatic nitrogens is 3. The Hall–Kier alpha value is -2.20. The van der Waals surface area contributed by atoms with Crippen molar-refractivity contribution in [1.29, 1.82) is 0 Å². The maximum Gasteiger partial charge on any atom is 0.124 e. The van der Waals surface area contributed by atoms with Crippen LogP contribution in [-0.4, -0.2) is 14.5 Å². The van der Waals surface area contributed by atoms with Gasteiger partial charge in [0.05, 0.1) is 23.3 Å². The van der Waals surface area contributed by atoms with Crippen molar-refractivity contribution in [3.05, 3.63) is 60.2 Å². The minimum atomic E-state index is 0.216. The molecule has 4 rings (SSSR count). The number of imidazole rings is 1. The van der Waals surface area contributed by atoms with Crippen molar-refractivity contribution in [3.8, 4) is 0 Å². The van der Waals surface area contributed by atoms with Crippen LogP contribution in [0.5, 0.6) is 0 Å². The molecule has 0 spiro atoms. The summed E-state index contributed by atoms with van der Waals surface area (Å²) in [7, 11) is 0. The van der Waals surface area contributed by atoms with E-state index in [4.69, 9.17) is 4.98 Å². The van der Waals surface area contributed by atoms with Gasteiger partial charge in [0, 0.05) is 18.3 Å². The second kappa shape index (κ2) is 5.54. The Kier molecular flexibility index (Phi) is 3.39. The molecule has 0 saturated heterocycles. The molecule has 1 atom stereocenters. The quantitative estimate of drug-likeness (QED) is 0.781. The highest BCUT2D eigenvalue weighted by Crippen LogP contribution is 2.38. The molecule has 0 amide bonds. The Bertz CT molecular complexity index is 774. The van der Waals surface area contributed by atoms with Crippen molar-refractivity contribution in [2.24, 2.45) is 0 Å². The van der Waals surface area contributed by atoms with Gasteiger partial charge in [0.2, 0.25) is 0 Å². The summed E-state index contributed by atoms with van der Waals surface area (Å²) in [5, 5.41) is 3.55. The Labute approximate surface area is 130 Å². The highest BCUT2D eigenvalue weighted by molar-refractivity contribution is 5.76. The normalized spacial score (nSPS) is 16.0. The van der Waals surface area contributed by atoms with E-state index in [9.17, 15) is 0 Å². The van der Waals surface area contributed by atoms with Gasteiger partial charge in [-0.3, -0.25) is 4.98 Å². The molecule has 3 aromatic rings. The van der Waals surface area contributed by atoms with Gasteiger partial charge in [0.25, 0.3) is 0 Å². The molecular weight excluding hydrogens is 272 g/mol. The third kappa shape index (κ3) is 2.50. The van der Waals surface area contributed by atoms with E-state index in [1.165, 1.54) is 18.4 Å². The summed E-state index contributed by atoms with van der Waals surface area (Å²) in [4.78, 5) is 9.23. The number of nitrogens with one attached hydrogen (secondary N) is 1. The zero-order chi connectivity index (χ0) is 14.9. The molecule has 0 bridgehead atoms. The third-order valence-corrected chi connectivity index (χ3v) is 4.28. The molecule has 1 aliphatic rings. The van der Waals surface area contributed by atoms with E-state index < -0.39 is 0 Å². The molecule has 4 heteroatoms. The van der Waals surface area contributed by atoms with Gasteiger partial charge in [-0.2, -0.15) is 0 Å². The fourth-order valence-corrected chi connectivity index (χ4v) is 2.94. The van der Waals surface area contributed by atoms with Crippen LogP contribution >= 0.6 is 0 Å². The lowest BCUT2D eigenvalue weighted by molar-refractivity contribution is 0.531. The topological polar surface area (TPSA) is 42.7 Å². The van der Waals surface area contributed by atoms with Gasteiger partial charge in [0.15, 0.2) is 0 Å². The summed E-state index contributed by atoms with van der Waals surface area (Å²) in [5.41, 5.74) is 3.42. The summed E-state index contributed by atoms with van der Waals surface area (Å²) >= 11 is 0. The highest BCUT2D eigenvalue weighted by Gasteiger charge is 2.28. The first kappa shape index (κ1) is 13.5. The Balaban J connectivity index is 1.58. The standard InChI is InChI=1S/C18H20N4/c1-13(15-6-4-5-11-19-15)20-12-18-21-16-7-2-3-8-17(16)22(18)14-9-10-14/h2-8,11,13-14,20H,9-10,12H2,1H3. The van der Waals surface area contributed by atoms with Crippen molar-refractivity contribution in [2.45, 2.75) is 38.4 Å². The van der Waals surface area contributed by atoms with Crippen LogP contribution in [0.25, 0.3) is 11.0 Å². The molecule has 0 radical (unpaired) electrons. The molecule has 1 fully saturated rings. The molecule has 22 heavy (non-hydrogen) atoms. The molecular formula is C18H20N4. The van der Waals surface area contributed by atoms with Crippen LogP contribution in [0.3, 0.4) is 0 Å². The number of fused-ring (bicyclic) bond motifs is 1. The molecule has 1 aromatic carbocycles. The van der Waals surface area contributed by atoms with Crippen LogP contribution in [0.4, 0.5) is 0 Å². The zero-order valence-electron chi connectivity index (χ0n) is 12.7. The van der Waals surface area contributed by atoms with Gasteiger partial charge in [-0.15, -0.1) is 0 Å². The highest BCUT2D eigenvalue weighted by atomic mass is 15.2. The van der Waals surface area contributed by atoms with E-state index in [0.29, 0.717) is 6.04 Å². The average molecular weight is 292 g/mol. The van der Waals surface area contributed by atoms with Gasteiger partial charge >= 0.3 is 0 Å². The summed E-state index contributed by atoms with van der Waals surface area (Å²) in [6, 6.07) is 15.3. The molecule has 112 valence electrons. The minimum absolute atomic E-state index is 0.216. The predicted octanol–water partition coefficient (Wildman–Crippen LogP) is 3.62. The molecule has 1 aliphatic carbocycles. The van der Waals surface area contributed by atoms with Crippen molar-refractivity contribution in [2.75, 3.05) is 0 Å². The number of benzene rings is 1. The van der Waals surface area contributed by atoms with E-state index in [1.807, 2.05) is 18.3 Å². The monoisotopic (exact) mass is 292 g/mol. The van der Waals surface area contributed by atoms with Gasteiger partial charge < -0.3 is 9.88 Å². The van der Waals surface area contributed by atoms with E-state index in [0.717, 1.165) is 23.6 Å². The Morgan fingerprint density at radius 2 is 2.00 bits per heavy atom. The Morgan fingerprint density at radius 3 is 2.77 bits per heavy atom. The second-order valence-corrected chi connectivity index (χ2v) is 5.98. The maximum atomic E-state index is 4.82. The summed E-state index contributed by atoms with van der Waals surface area (Å²) in [6.45, 7) is 2.91. The lowest BCUT2D eigenvalue weighted by atomic mass is 10.2. The predicted molar refractivity (Wildman–Crippen MR) is 87.5 cm³/mol. The first-order valence-corrected chi connectivity index (χ1v) is 7.93. The van der Waals surface area contributed by atoms with Crippen LogP contribution in [-0.2, 0) is 6.54 Å². The smallest absolute Gasteiger partial charge is 0.124 e. The number of pyridine rings is 1. The number of nitrogens with zero attached hydrogens (tertiary/aromatic N) is 3. The molecule has 1 N–H and O–H groups in total. The summed E-state index contributed by atoms with van der Waals surface area (Å²) in [5.74, 6) is 1.13. The SMILES string of the molecule is CC(NCc1nc2ccccc2n1C1CC1)c1ccccn1. The first-order chi connectivity index (χ1) is 10.8. The Morgan fingerprint density at radius 1 is 1.18 bits per heavy atom. The largest absolute Gasteiger partial charge is 0.324 e. The van der Waals surface area contributed by atoms with Crippen LogP contribution in [0, 0.1) is 0 Å². The number of para-hydroxylation sites is 2. The van der Waals surface area contributed by atoms with Gasteiger partial charge in [0.1, 0.15) is 5.82 Å². The molecule has 4 nitrogen and oxygen atoms in total. The lowest BCUT2D eigenvalue weighted by Gasteiger charge is -2.14. The van der Waals surface area contributed by atoms with Crippen molar-refractivity contribution in [1.82, 2.24) is 19.9 Å². The molecule has 1 saturated carbocycles. The van der Waals surface area contributed by atoms with Gasteiger partial charge in [-0.25, -0.2) is 4.98 Å². The summed E-state index contributed by atoms with van der Waals surface area (Å²) < 4.78 is 2.41. The molecule has 0 aliphatic heterocycles. The minimum Gasteiger partial charge on any atom is -0.324 e. The van der Waals surface area contributed by atoms with E-state index in [2.05, 4.69) is 52.1 Å². The third-order valence-electron chi connectivity index (χ3n) is 4.28. The van der Waals surface area contributed by atoms with Crippen LogP contribution in [0.2, 0.25) is 0 Å². The van der Waals surface area contributed by atoms with Gasteiger partial charge in [-0.05, 0) is 44.0 Å². The zero-order valence-corrected chi connectivity index (χ0v) is 12.7. The number of rotatable bonds is 5. The lowest BCUT2D eigenvalue weighted by Crippen LogP contribution is -2.21. The van der Waals surface area contributed by atoms with Crippen LogP contribution < -0.4 is 5.32 Å². The average Bonchev–Trinajstić information content (AvgIpc) is 3.33. The maximum absolute atomic E-state index is 4.82. The van der Waals surface area contributed by atoms with Gasteiger partial charge in [-0.1, -0.05) is 18.2 Å². The van der Waals surface area contributed by atoms with E-state index in [-0.39, 0.29) is 6.04 Å². The van der Waals surface area contributed by atoms with Crippen molar-refractivity contribution >= 4 is 11.0 Å². The fourth-order valence-electron chi connectivity index (χ4n) is 2.94. The first-order valence-electron chi connectivity index (χ1n) is 7.93. The summed E-state index contributed by atoms with van der Waals surface area (Å²) in [6.07, 6.45) is 4.37. The van der Waals surface area contributed by atoms with Crippen molar-refractivity contribution in [3.63, 3.8) is 0 Å². The van der Waals surface area contributed by atoms with Crippen molar-refractivity contribution < 1.29 is 0 Å². The van der Waals surface area contributed by atoms with E-state index in [1.54, 1.807) is 0 Å².